The summed E-state index contributed by atoms with van der Waals surface area (Å²) in [4.78, 5) is 13.2. The Morgan fingerprint density at radius 1 is 1.00 bits per heavy atom. The van der Waals surface area contributed by atoms with Crippen LogP contribution < -0.4 is 0 Å². The summed E-state index contributed by atoms with van der Waals surface area (Å²) in [6.07, 6.45) is 1.03. The third-order valence-corrected chi connectivity index (χ3v) is 3.61. The first-order chi connectivity index (χ1) is 10.2. The fraction of sp³-hybridized carbons (Fsp3) is 0.278. The molecule has 0 saturated carbocycles. The molecule has 2 aromatic carbocycles. The number of rotatable bonds is 7. The van der Waals surface area contributed by atoms with E-state index in [1.807, 2.05) is 18.2 Å². The lowest BCUT2D eigenvalue weighted by Crippen LogP contribution is -2.25. The Hall–Kier alpha value is -2.13. The molecule has 2 aromatic rings. The van der Waals surface area contributed by atoms with Gasteiger partial charge in [0.25, 0.3) is 0 Å². The van der Waals surface area contributed by atoms with Crippen molar-refractivity contribution in [2.75, 3.05) is 13.1 Å². The maximum atomic E-state index is 10.8. The van der Waals surface area contributed by atoms with Crippen LogP contribution in [0.25, 0.3) is 0 Å². The lowest BCUT2D eigenvalue weighted by Gasteiger charge is -2.20. The Labute approximate surface area is 125 Å². The molecule has 0 aliphatic heterocycles. The van der Waals surface area contributed by atoms with Crippen molar-refractivity contribution in [1.82, 2.24) is 4.90 Å². The zero-order chi connectivity index (χ0) is 15.1. The average Bonchev–Trinajstić information content (AvgIpc) is 2.53. The third kappa shape index (κ3) is 4.72. The Morgan fingerprint density at radius 2 is 1.67 bits per heavy atom. The number of carbonyl (C=O) groups is 1. The Bertz CT molecular complexity index is 564. The predicted octanol–water partition coefficient (Wildman–Crippen LogP) is 3.45. The average molecular weight is 283 g/mol. The minimum Gasteiger partial charge on any atom is -0.478 e. The van der Waals surface area contributed by atoms with Gasteiger partial charge in [0.15, 0.2) is 0 Å². The molecule has 0 spiro atoms. The van der Waals surface area contributed by atoms with E-state index < -0.39 is 5.97 Å². The van der Waals surface area contributed by atoms with Gasteiger partial charge in [-0.1, -0.05) is 49.4 Å². The van der Waals surface area contributed by atoms with Gasteiger partial charge >= 0.3 is 5.97 Å². The number of hydrogen-bond donors (Lipinski definition) is 1. The topological polar surface area (TPSA) is 40.5 Å². The number of hydrogen-bond acceptors (Lipinski definition) is 2. The van der Waals surface area contributed by atoms with Gasteiger partial charge in [0.1, 0.15) is 0 Å². The highest BCUT2D eigenvalue weighted by molar-refractivity contribution is 5.87. The zero-order valence-corrected chi connectivity index (χ0v) is 12.3. The van der Waals surface area contributed by atoms with Crippen molar-refractivity contribution in [2.45, 2.75) is 19.9 Å². The first-order valence-corrected chi connectivity index (χ1v) is 7.27. The normalized spacial score (nSPS) is 10.8. The highest BCUT2D eigenvalue weighted by Crippen LogP contribution is 2.09. The summed E-state index contributed by atoms with van der Waals surface area (Å²) in [7, 11) is 0. The van der Waals surface area contributed by atoms with Crippen molar-refractivity contribution < 1.29 is 9.90 Å². The van der Waals surface area contributed by atoms with Crippen LogP contribution in [0, 0.1) is 0 Å². The van der Waals surface area contributed by atoms with Crippen molar-refractivity contribution in [3.05, 3.63) is 71.3 Å². The molecule has 0 saturated heterocycles. The number of carboxylic acid groups (broad SMARTS) is 1. The molecule has 0 radical (unpaired) electrons. The second-order valence-corrected chi connectivity index (χ2v) is 5.11. The molecule has 0 atom stereocenters. The molecular formula is C18H21NO2. The summed E-state index contributed by atoms with van der Waals surface area (Å²) in [5, 5.41) is 8.90. The van der Waals surface area contributed by atoms with Crippen LogP contribution in [-0.4, -0.2) is 29.1 Å². The smallest absolute Gasteiger partial charge is 0.335 e. The molecule has 0 bridgehead atoms. The lowest BCUT2D eigenvalue weighted by molar-refractivity contribution is 0.0697. The van der Waals surface area contributed by atoms with Gasteiger partial charge in [-0.05, 0) is 36.2 Å². The summed E-state index contributed by atoms with van der Waals surface area (Å²) in [5.41, 5.74) is 2.83. The van der Waals surface area contributed by atoms with E-state index in [1.165, 1.54) is 5.56 Å². The standard InChI is InChI=1S/C18H21NO2/c1-2-19(13-12-15-6-4-3-5-7-15)14-16-8-10-17(11-9-16)18(20)21/h3-11H,2,12-14H2,1H3,(H,20,21). The molecule has 1 N–H and O–H groups in total. The van der Waals surface area contributed by atoms with Crippen molar-refractivity contribution in [1.29, 1.82) is 0 Å². The number of nitrogens with zero attached hydrogens (tertiary/aromatic N) is 1. The van der Waals surface area contributed by atoms with Crippen LogP contribution in [0.2, 0.25) is 0 Å². The van der Waals surface area contributed by atoms with E-state index >= 15 is 0 Å². The highest BCUT2D eigenvalue weighted by Gasteiger charge is 2.06. The largest absolute Gasteiger partial charge is 0.478 e. The van der Waals surface area contributed by atoms with Crippen LogP contribution in [0.3, 0.4) is 0 Å². The third-order valence-electron chi connectivity index (χ3n) is 3.61. The quantitative estimate of drug-likeness (QED) is 0.846. The second kappa shape index (κ2) is 7.60. The fourth-order valence-corrected chi connectivity index (χ4v) is 2.29. The SMILES string of the molecule is CCN(CCc1ccccc1)Cc1ccc(C(=O)O)cc1. The monoisotopic (exact) mass is 283 g/mol. The molecule has 0 unspecified atom stereocenters. The van der Waals surface area contributed by atoms with Crippen LogP contribution in [-0.2, 0) is 13.0 Å². The number of likely N-dealkylation sites (N-methyl/N-ethyl adjacent to an activating group) is 1. The van der Waals surface area contributed by atoms with Gasteiger partial charge in [0.2, 0.25) is 0 Å². The van der Waals surface area contributed by atoms with Crippen LogP contribution in [0.15, 0.2) is 54.6 Å². The predicted molar refractivity (Wildman–Crippen MR) is 84.5 cm³/mol. The van der Waals surface area contributed by atoms with E-state index in [9.17, 15) is 4.79 Å². The number of carboxylic acids is 1. The van der Waals surface area contributed by atoms with Crippen molar-refractivity contribution >= 4 is 5.97 Å². The lowest BCUT2D eigenvalue weighted by atomic mass is 10.1. The molecule has 21 heavy (non-hydrogen) atoms. The molecule has 3 heteroatoms. The van der Waals surface area contributed by atoms with Gasteiger partial charge in [-0.15, -0.1) is 0 Å². The first kappa shape index (κ1) is 15.3. The second-order valence-electron chi connectivity index (χ2n) is 5.11. The van der Waals surface area contributed by atoms with Crippen LogP contribution in [0.1, 0.15) is 28.4 Å². The van der Waals surface area contributed by atoms with E-state index in [0.29, 0.717) is 5.56 Å². The fourth-order valence-electron chi connectivity index (χ4n) is 2.29. The van der Waals surface area contributed by atoms with E-state index in [1.54, 1.807) is 12.1 Å². The van der Waals surface area contributed by atoms with Gasteiger partial charge in [-0.25, -0.2) is 4.79 Å². The molecule has 0 aliphatic carbocycles. The summed E-state index contributed by atoms with van der Waals surface area (Å²) < 4.78 is 0. The van der Waals surface area contributed by atoms with E-state index in [-0.39, 0.29) is 0 Å². The zero-order valence-electron chi connectivity index (χ0n) is 12.3. The Morgan fingerprint density at radius 3 is 2.24 bits per heavy atom. The Balaban J connectivity index is 1.91. The van der Waals surface area contributed by atoms with E-state index in [0.717, 1.165) is 31.6 Å². The molecule has 0 fully saturated rings. The van der Waals surface area contributed by atoms with Crippen molar-refractivity contribution in [3.63, 3.8) is 0 Å². The van der Waals surface area contributed by atoms with Gasteiger partial charge in [0.05, 0.1) is 5.56 Å². The molecule has 0 aromatic heterocycles. The van der Waals surface area contributed by atoms with Crippen molar-refractivity contribution in [3.8, 4) is 0 Å². The molecule has 0 aliphatic rings. The van der Waals surface area contributed by atoms with Crippen LogP contribution in [0.5, 0.6) is 0 Å². The van der Waals surface area contributed by atoms with Gasteiger partial charge in [-0.3, -0.25) is 4.90 Å². The Kier molecular flexibility index (Phi) is 5.52. The number of aromatic carboxylic acids is 1. The molecular weight excluding hydrogens is 262 g/mol. The molecule has 0 heterocycles. The summed E-state index contributed by atoms with van der Waals surface area (Å²) in [6, 6.07) is 17.6. The maximum absolute atomic E-state index is 10.8. The van der Waals surface area contributed by atoms with Crippen LogP contribution in [0.4, 0.5) is 0 Å². The molecule has 110 valence electrons. The van der Waals surface area contributed by atoms with Gasteiger partial charge < -0.3 is 5.11 Å². The van der Waals surface area contributed by atoms with E-state index in [2.05, 4.69) is 36.1 Å². The van der Waals surface area contributed by atoms with E-state index in [4.69, 9.17) is 5.11 Å². The minimum atomic E-state index is -0.877. The van der Waals surface area contributed by atoms with Crippen LogP contribution >= 0.6 is 0 Å². The van der Waals surface area contributed by atoms with Gasteiger partial charge in [0, 0.05) is 13.1 Å². The summed E-state index contributed by atoms with van der Waals surface area (Å²) in [5.74, 6) is -0.877. The first-order valence-electron chi connectivity index (χ1n) is 7.27. The minimum absolute atomic E-state index is 0.339. The highest BCUT2D eigenvalue weighted by atomic mass is 16.4. The maximum Gasteiger partial charge on any atom is 0.335 e. The molecule has 2 rings (SSSR count). The van der Waals surface area contributed by atoms with Crippen molar-refractivity contribution in [2.24, 2.45) is 0 Å². The van der Waals surface area contributed by atoms with Gasteiger partial charge in [-0.2, -0.15) is 0 Å². The summed E-state index contributed by atoms with van der Waals surface area (Å²) >= 11 is 0. The summed E-state index contributed by atoms with van der Waals surface area (Å²) in [6.45, 7) is 4.98. The molecule has 3 nitrogen and oxygen atoms in total. The molecule has 0 amide bonds. The number of benzene rings is 2.